The number of carboxylic acids is 1. The number of rotatable bonds is 67. The number of carbonyl (C=O) groups excluding carboxylic acids is 25. The summed E-state index contributed by atoms with van der Waals surface area (Å²) in [4.78, 5) is 351. The number of nitrogens with one attached hydrogen (secondary N) is 21. The maximum atomic E-state index is 15.3. The Morgan fingerprint density at radius 2 is 1.00 bits per heavy atom. The van der Waals surface area contributed by atoms with E-state index in [4.69, 9.17) is 39.8 Å². The first-order valence-corrected chi connectivity index (χ1v) is 42.2. The number of hydrogen-bond donors (Lipinski definition) is 28. The highest BCUT2D eigenvalue weighted by molar-refractivity contribution is 6.38. The molecule has 742 valence electrons. The molecule has 0 fully saturated rings. The molecule has 0 radical (unpaired) electrons. The lowest BCUT2D eigenvalue weighted by Gasteiger charge is -2.34. The molecule has 0 saturated carbocycles. The fourth-order valence-electron chi connectivity index (χ4n) is 12.2. The van der Waals surface area contributed by atoms with Gasteiger partial charge in [-0.3, -0.25) is 139 Å². The minimum Gasteiger partial charge on any atom is -0.481 e. The van der Waals surface area contributed by atoms with Crippen LogP contribution in [0, 0.1) is 17.2 Å². The third-order valence-electron chi connectivity index (χ3n) is 19.3. The second-order valence-electron chi connectivity index (χ2n) is 31.4. The van der Waals surface area contributed by atoms with Crippen molar-refractivity contribution < 1.29 is 130 Å². The van der Waals surface area contributed by atoms with E-state index in [2.05, 4.69) is 106 Å². The summed E-state index contributed by atoms with van der Waals surface area (Å²) >= 11 is 0. The lowest BCUT2D eigenvalue weighted by Crippen LogP contribution is -2.70. The molecule has 0 aromatic rings. The van der Waals surface area contributed by atoms with Crippen LogP contribution in [0.2, 0.25) is 0 Å². The zero-order chi connectivity index (χ0) is 101. The summed E-state index contributed by atoms with van der Waals surface area (Å²) in [6.07, 6.45) is -16.1. The summed E-state index contributed by atoms with van der Waals surface area (Å²) in [5, 5.41) is 64.0. The topological polar surface area (TPSA) is 888 Å². The highest BCUT2D eigenvalue weighted by Crippen LogP contribution is 2.15. The summed E-state index contributed by atoms with van der Waals surface area (Å²) < 4.78 is 0. The Morgan fingerprint density at radius 1 is 0.534 bits per heavy atom. The Labute approximate surface area is 764 Å². The van der Waals surface area contributed by atoms with Gasteiger partial charge in [-0.25, -0.2) is 0 Å². The van der Waals surface area contributed by atoms with Crippen molar-refractivity contribution in [3.8, 4) is 0 Å². The van der Waals surface area contributed by atoms with E-state index in [0.717, 1.165) is 26.8 Å². The van der Waals surface area contributed by atoms with Gasteiger partial charge in [0.2, 0.25) is 35.3 Å². The van der Waals surface area contributed by atoms with Crippen molar-refractivity contribution in [2.45, 2.75) is 268 Å². The molecule has 1 aliphatic rings. The van der Waals surface area contributed by atoms with Gasteiger partial charge in [0.1, 0.15) is 56.1 Å². The number of carboxylic acid groups (broad SMARTS) is 1. The Kier molecular flexibility index (Phi) is 55.3. The second-order valence-corrected chi connectivity index (χ2v) is 31.4. The van der Waals surface area contributed by atoms with Gasteiger partial charge in [0.05, 0.1) is 74.0 Å². The Bertz CT molecular complexity index is 4120. The van der Waals surface area contributed by atoms with Gasteiger partial charge in [-0.2, -0.15) is 0 Å². The summed E-state index contributed by atoms with van der Waals surface area (Å²) in [5.74, 6) is -26.3. The molecule has 133 heavy (non-hydrogen) atoms. The molecule has 0 aromatic heterocycles. The average molecular weight is 1890 g/mol. The van der Waals surface area contributed by atoms with Crippen LogP contribution < -0.4 is 141 Å². The lowest BCUT2D eigenvalue weighted by molar-refractivity contribution is -0.151. The molecule has 1 rings (SSSR count). The fraction of sp³-hybridized carbons (Fsp3) is 0.628. The van der Waals surface area contributed by atoms with E-state index < -0.39 is 303 Å². The minimum atomic E-state index is -2.61. The number of amides is 14. The van der Waals surface area contributed by atoms with Crippen molar-refractivity contribution in [1.29, 1.82) is 5.41 Å². The second kappa shape index (κ2) is 62.4. The zero-order valence-corrected chi connectivity index (χ0v) is 75.1. The van der Waals surface area contributed by atoms with E-state index in [1.165, 1.54) is 33.8 Å². The summed E-state index contributed by atoms with van der Waals surface area (Å²) in [6.45, 7) is 9.11. The molecule has 1 aliphatic heterocycles. The molecule has 0 saturated heterocycles. The first-order valence-electron chi connectivity index (χ1n) is 42.2. The summed E-state index contributed by atoms with van der Waals surface area (Å²) in [6, 6.07) is -20.7. The monoisotopic (exact) mass is 1890 g/mol. The molecule has 0 spiro atoms. The van der Waals surface area contributed by atoms with Gasteiger partial charge in [-0.05, 0) is 97.4 Å². The van der Waals surface area contributed by atoms with Crippen LogP contribution in [0.4, 0.5) is 0 Å². The number of allylic oxidation sites excluding steroid dienone is 1. The number of nitrogens with two attached hydrogens (primary N) is 6. The molecule has 0 aliphatic carbocycles. The average Bonchev–Trinajstić information content (AvgIpc) is 1.42. The number of aldehydes is 7. The highest BCUT2D eigenvalue weighted by Gasteiger charge is 2.46. The number of aliphatic carboxylic acids is 1. The SMILES string of the molecule is CC(=O)C(=O)[C@H](CCCCN)N[C@@H](C)NC(=O)[C@@H](NC(=O)[C@H](NCC=O)NC(=O)[C@H](C)NC(=O)[C@H](C)NC(=O)[C@@H](NC(=O)[C@@H](NC(=O)[C@@H](NC(=O)[C@@H](NC(=O)[C@H](C(=O)CN)N1CC=CCCC(=O)N[C@@H](N[C@@H](C=O)CCC(N)=O)C(=O)N[C@@H](C(=O)[C@@H](N)C(C)C)C1=O)N[C@@H](C=O)CCCNC(=N)N)N[C@@H](C=O)CCC(N)=O)N[C@@H](C=O)CC(C)C)N[C@@H](C)C=O)N[C@@H](C=O)CC(=O)O. The molecule has 1 heterocycles. The van der Waals surface area contributed by atoms with E-state index in [1.807, 2.05) is 0 Å². The van der Waals surface area contributed by atoms with E-state index >= 15 is 19.2 Å². The number of guanidine groups is 1. The Balaban J connectivity index is 4.22. The number of unbranched alkanes of at least 4 members (excludes halogenated alkanes) is 1. The molecule has 55 heteroatoms. The number of Topliss-reactive ketones (excluding diaryl/α,β-unsaturated/α-hetero) is 4. The van der Waals surface area contributed by atoms with Gasteiger partial charge in [0.25, 0.3) is 53.2 Å². The molecule has 0 bridgehead atoms. The van der Waals surface area contributed by atoms with Crippen LogP contribution >= 0.6 is 0 Å². The van der Waals surface area contributed by atoms with Crippen LogP contribution in [-0.4, -0.2) is 326 Å². The molecule has 20 atom stereocenters. The maximum Gasteiger partial charge on any atom is 0.305 e. The number of primary amides is 2. The smallest absolute Gasteiger partial charge is 0.305 e. The van der Waals surface area contributed by atoms with Gasteiger partial charge >= 0.3 is 5.97 Å². The van der Waals surface area contributed by atoms with Crippen LogP contribution in [0.15, 0.2) is 12.2 Å². The first-order chi connectivity index (χ1) is 62.6. The van der Waals surface area contributed by atoms with Gasteiger partial charge < -0.3 is 142 Å². The fourth-order valence-corrected chi connectivity index (χ4v) is 12.2. The summed E-state index contributed by atoms with van der Waals surface area (Å²) in [7, 11) is 0. The molecule has 0 unspecified atom stereocenters. The van der Waals surface area contributed by atoms with Crippen molar-refractivity contribution >= 4 is 162 Å². The van der Waals surface area contributed by atoms with Gasteiger partial charge in [0.15, 0.2) is 78.6 Å². The van der Waals surface area contributed by atoms with Crippen LogP contribution in [-0.2, 0) is 125 Å². The lowest BCUT2D eigenvalue weighted by atomic mass is 9.94. The molecule has 0 aromatic carbocycles. The Hall–Kier alpha value is -13.0. The predicted molar refractivity (Wildman–Crippen MR) is 465 cm³/mol. The summed E-state index contributed by atoms with van der Waals surface area (Å²) in [5.41, 5.74) is 33.9. The van der Waals surface area contributed by atoms with Crippen LogP contribution in [0.5, 0.6) is 0 Å². The minimum absolute atomic E-state index is 0.0710. The molecular formula is C78H128N28O27. The molecule has 55 nitrogen and oxygen atoms in total. The standard InChI is InChI=1S/C78H128N28O27/c1-37(2)28-47(35-112)96-66(76(132)102-61(88-39(5)31-108)71(127)90-40(6)67(123)89-41(7)68(124)100-60(86-25-27-107)70(126)103-63(97-48(36-113)29-54(119)120)72(128)92-43(9)91-49(17-12-13-23-79)58(121)42(8)114)105-75(131)65(95-46(34-111)20-22-52(82)117)104-74(130)64(93-44(32-109)16-15-24-87-78(84)85)101-69(125)57(50(115)30-80)106-26-14-10-11-18-53(118)98-62(94-45(33-110)19-21-51(81)116)73(129)99-56(77(106)133)59(122)55(83)38(3)4/h10,14,27,31-41,43-49,55-57,60-66,86,88,91,93-97H,11-13,15-26,28-30,79-80,83H2,1-9H3,(H2,81,116)(H2,82,117)(H,89,123)(H,90,127)(H,92,128)(H,98,118)(H,99,129)(H,100,124)(H,101,125)(H,102,132)(H,103,126)(H,104,130)(H,105,131)(H,119,120)(H4,84,85,87)/t39-,40-,41-,43+,44+,45+,46+,47+,48+,49-,55-,56-,57-,60+,61+,62+,63+,64+,65+,66+/m0/s1. The van der Waals surface area contributed by atoms with E-state index in [1.54, 1.807) is 13.8 Å². The third-order valence-corrected chi connectivity index (χ3v) is 19.3. The quantitative estimate of drug-likeness (QED) is 0.00393. The largest absolute Gasteiger partial charge is 0.481 e. The van der Waals surface area contributed by atoms with Gasteiger partial charge in [-0.15, -0.1) is 0 Å². The van der Waals surface area contributed by atoms with E-state index in [-0.39, 0.29) is 95.6 Å². The molecule has 34 N–H and O–H groups in total. The van der Waals surface area contributed by atoms with Crippen molar-refractivity contribution in [3.63, 3.8) is 0 Å². The van der Waals surface area contributed by atoms with Gasteiger partial charge in [-0.1, -0.05) is 46.3 Å². The Morgan fingerprint density at radius 3 is 1.47 bits per heavy atom. The predicted octanol–water partition coefficient (Wildman–Crippen LogP) is -15.0. The number of ketones is 4. The van der Waals surface area contributed by atoms with Crippen LogP contribution in [0.1, 0.15) is 146 Å². The van der Waals surface area contributed by atoms with Crippen molar-refractivity contribution in [1.82, 2.24) is 111 Å². The number of carbonyl (C=O) groups is 26. The van der Waals surface area contributed by atoms with Crippen molar-refractivity contribution in [2.24, 2.45) is 46.2 Å². The zero-order valence-electron chi connectivity index (χ0n) is 75.1. The molecule has 14 amide bonds. The van der Waals surface area contributed by atoms with Crippen LogP contribution in [0.3, 0.4) is 0 Å². The molecular weight excluding hydrogens is 1760 g/mol. The van der Waals surface area contributed by atoms with Crippen molar-refractivity contribution in [3.05, 3.63) is 12.2 Å². The first kappa shape index (κ1) is 118. The normalized spacial score (nSPS) is 17.6. The van der Waals surface area contributed by atoms with Crippen LogP contribution in [0.25, 0.3) is 0 Å². The van der Waals surface area contributed by atoms with E-state index in [9.17, 15) is 111 Å². The highest BCUT2D eigenvalue weighted by atomic mass is 16.4. The third kappa shape index (κ3) is 44.6. The number of hydrogen-bond acceptors (Lipinski definition) is 38. The van der Waals surface area contributed by atoms with Crippen molar-refractivity contribution in [2.75, 3.05) is 32.7 Å². The van der Waals surface area contributed by atoms with Gasteiger partial charge in [0, 0.05) is 39.3 Å². The van der Waals surface area contributed by atoms with E-state index in [0.29, 0.717) is 17.7 Å². The maximum absolute atomic E-state index is 15.3. The number of nitrogens with zero attached hydrogens (tertiary/aromatic N) is 1.